The van der Waals surface area contributed by atoms with Gasteiger partial charge in [-0.2, -0.15) is 0 Å². The monoisotopic (exact) mass is 989 g/mol. The Bertz CT molecular complexity index is 1380. The van der Waals surface area contributed by atoms with Gasteiger partial charge in [0.25, 0.3) is 0 Å². The first-order chi connectivity index (χ1) is 29.1. The lowest BCUT2D eigenvalue weighted by atomic mass is 9.97. The summed E-state index contributed by atoms with van der Waals surface area (Å²) in [5.74, 6) is 1.93. The highest BCUT2D eigenvalue weighted by Gasteiger charge is 2.17. The van der Waals surface area contributed by atoms with Crippen LogP contribution in [0.3, 0.4) is 0 Å². The highest BCUT2D eigenvalue weighted by molar-refractivity contribution is 5.73. The van der Waals surface area contributed by atoms with E-state index in [1.807, 2.05) is 12.2 Å². The zero-order valence-electron chi connectivity index (χ0n) is 41.5. The van der Waals surface area contributed by atoms with E-state index in [4.69, 9.17) is 9.47 Å². The molecule has 0 saturated heterocycles. The quantitative estimate of drug-likeness (QED) is 0.0376. The molecule has 2 rings (SSSR count). The summed E-state index contributed by atoms with van der Waals surface area (Å²) in [7, 11) is 9.55. The van der Waals surface area contributed by atoms with Crippen molar-refractivity contribution in [1.29, 1.82) is 0 Å². The molecule has 358 valence electrons. The molecule has 0 aliphatic carbocycles. The Morgan fingerprint density at radius 1 is 0.435 bits per heavy atom. The Kier molecular flexibility index (Phi) is 37.7. The number of hydrogen-bond donors (Lipinski definition) is 0. The fourth-order valence-electron chi connectivity index (χ4n) is 8.76. The van der Waals surface area contributed by atoms with Crippen molar-refractivity contribution in [1.82, 2.24) is 0 Å². The molecule has 6 heteroatoms. The molecule has 0 aliphatic heterocycles. The van der Waals surface area contributed by atoms with E-state index in [1.165, 1.54) is 184 Å². The fourth-order valence-corrected chi connectivity index (χ4v) is 8.76. The molecule has 0 unspecified atom stereocenters. The summed E-state index contributed by atoms with van der Waals surface area (Å²) >= 11 is 0. The fraction of sp³-hybridized carbons (Fsp3) is 0.714. The Labute approximate surface area is 406 Å². The molecular weight excluding hydrogens is 892 g/mol. The van der Waals surface area contributed by atoms with Crippen LogP contribution in [0.5, 0.6) is 11.5 Å². The van der Waals surface area contributed by atoms with Gasteiger partial charge in [-0.1, -0.05) is 167 Å². The average Bonchev–Trinajstić information content (AvgIpc) is 3.23. The first kappa shape index (κ1) is 60.4. The van der Waals surface area contributed by atoms with Crippen molar-refractivity contribution >= 4 is 0 Å². The smallest absolute Gasteiger partial charge is 0.127 e. The summed E-state index contributed by atoms with van der Waals surface area (Å²) in [5.41, 5.74) is 4.75. The second-order valence-electron chi connectivity index (χ2n) is 19.6. The number of nitrogens with zero attached hydrogens (tertiary/aromatic N) is 2. The summed E-state index contributed by atoms with van der Waals surface area (Å²) in [5, 5.41) is 0. The summed E-state index contributed by atoms with van der Waals surface area (Å²) < 4.78 is 15.2. The second-order valence-corrected chi connectivity index (χ2v) is 19.6. The third kappa shape index (κ3) is 29.8. The molecule has 0 heterocycles. The number of halogens is 2. The van der Waals surface area contributed by atoms with Gasteiger partial charge in [0, 0.05) is 18.4 Å². The van der Waals surface area contributed by atoms with Crippen LogP contribution in [-0.4, -0.2) is 76.5 Å². The van der Waals surface area contributed by atoms with E-state index in [0.717, 1.165) is 78.0 Å². The number of benzene rings is 2. The molecule has 2 aromatic carbocycles. The van der Waals surface area contributed by atoms with Crippen LogP contribution in [0.2, 0.25) is 0 Å². The van der Waals surface area contributed by atoms with Crippen molar-refractivity contribution < 1.29 is 52.4 Å². The lowest BCUT2D eigenvalue weighted by molar-refractivity contribution is -0.890. The van der Waals surface area contributed by atoms with Gasteiger partial charge in [-0.15, -0.1) is 13.2 Å². The molecule has 0 aromatic heterocycles. The molecular formula is C56H98Br2N2O2. The molecule has 0 bridgehead atoms. The standard InChI is InChI=1S/C56H98N2O2.2BrH/c1-9-13-15-17-19-21-23-25-27-29-31-33-43-57(5,6)45-35-47-59-55-42-40-52(50-53(55)38-12-4)54-49-51(37-11-3)39-41-56(54)60-48-36-46-58(7,8)44-34-32-30-28-26-24-22-20-18-16-14-10-2;;/h11-12,39-42,49-50H,3-4,9-10,13-38,43-48H2,1-2,5-8H3;2*1H/q+2;;/p-2. The van der Waals surface area contributed by atoms with Crippen molar-refractivity contribution in [2.24, 2.45) is 0 Å². The van der Waals surface area contributed by atoms with Crippen LogP contribution in [-0.2, 0) is 12.8 Å². The molecule has 0 amide bonds. The zero-order valence-corrected chi connectivity index (χ0v) is 44.7. The molecule has 0 fully saturated rings. The van der Waals surface area contributed by atoms with Crippen molar-refractivity contribution in [3.63, 3.8) is 0 Å². The number of quaternary nitrogens is 2. The van der Waals surface area contributed by atoms with Gasteiger partial charge in [0.2, 0.25) is 0 Å². The number of hydrogen-bond acceptors (Lipinski definition) is 2. The SMILES string of the molecule is C=CCc1ccc(OCCC[N+](C)(C)CCCCCCCCCCCCCC)c(-c2ccc(OCCC[N+](C)(C)CCCCCCCCCCCCCC)c(CC=C)c2)c1.[Br-].[Br-]. The molecule has 2 aromatic rings. The Morgan fingerprint density at radius 3 is 1.23 bits per heavy atom. The van der Waals surface area contributed by atoms with Gasteiger partial charge in [-0.05, 0) is 79.5 Å². The number of unbranched alkanes of at least 4 members (excludes halogenated alkanes) is 22. The van der Waals surface area contributed by atoms with Crippen LogP contribution >= 0.6 is 0 Å². The van der Waals surface area contributed by atoms with Gasteiger partial charge >= 0.3 is 0 Å². The maximum Gasteiger partial charge on any atom is 0.127 e. The number of ether oxygens (including phenoxy) is 2. The van der Waals surface area contributed by atoms with Gasteiger partial charge in [0.1, 0.15) is 11.5 Å². The first-order valence-electron chi connectivity index (χ1n) is 25.5. The van der Waals surface area contributed by atoms with E-state index >= 15 is 0 Å². The minimum Gasteiger partial charge on any atom is -1.00 e. The van der Waals surface area contributed by atoms with E-state index in [1.54, 1.807) is 0 Å². The van der Waals surface area contributed by atoms with Crippen LogP contribution < -0.4 is 43.4 Å². The minimum atomic E-state index is 0. The number of allylic oxidation sites excluding steroid dienone is 2. The largest absolute Gasteiger partial charge is 1.00 e. The highest BCUT2D eigenvalue weighted by Crippen LogP contribution is 2.35. The third-order valence-electron chi connectivity index (χ3n) is 12.7. The van der Waals surface area contributed by atoms with E-state index in [2.05, 4.69) is 91.6 Å². The molecule has 0 radical (unpaired) electrons. The Hall–Kier alpha value is -1.60. The van der Waals surface area contributed by atoms with Gasteiger partial charge in [-0.3, -0.25) is 0 Å². The normalized spacial score (nSPS) is 11.5. The lowest BCUT2D eigenvalue weighted by Gasteiger charge is -2.30. The molecule has 0 N–H and O–H groups in total. The summed E-state index contributed by atoms with van der Waals surface area (Å²) in [6.45, 7) is 18.9. The molecule has 62 heavy (non-hydrogen) atoms. The second kappa shape index (κ2) is 38.6. The maximum atomic E-state index is 6.56. The maximum absolute atomic E-state index is 6.56. The van der Waals surface area contributed by atoms with Crippen LogP contribution in [0.15, 0.2) is 61.7 Å². The van der Waals surface area contributed by atoms with Gasteiger partial charge in [0.05, 0.1) is 67.6 Å². The molecule has 0 spiro atoms. The van der Waals surface area contributed by atoms with Crippen molar-refractivity contribution in [2.45, 2.75) is 194 Å². The zero-order chi connectivity index (χ0) is 43.6. The van der Waals surface area contributed by atoms with E-state index in [0.29, 0.717) is 0 Å². The molecule has 4 nitrogen and oxygen atoms in total. The highest BCUT2D eigenvalue weighted by atomic mass is 79.9. The van der Waals surface area contributed by atoms with Crippen molar-refractivity contribution in [3.8, 4) is 22.6 Å². The van der Waals surface area contributed by atoms with Gasteiger partial charge in [-0.25, -0.2) is 0 Å². The van der Waals surface area contributed by atoms with E-state index in [9.17, 15) is 0 Å². The van der Waals surface area contributed by atoms with E-state index in [-0.39, 0.29) is 34.0 Å². The first-order valence-corrected chi connectivity index (χ1v) is 25.5. The van der Waals surface area contributed by atoms with Crippen LogP contribution in [0.4, 0.5) is 0 Å². The van der Waals surface area contributed by atoms with Crippen molar-refractivity contribution in [3.05, 3.63) is 72.8 Å². The predicted octanol–water partition coefficient (Wildman–Crippen LogP) is 9.91. The Balaban J connectivity index is 0.0000186. The minimum absolute atomic E-state index is 0. The van der Waals surface area contributed by atoms with Crippen LogP contribution in [0.1, 0.15) is 192 Å². The van der Waals surface area contributed by atoms with Crippen LogP contribution in [0, 0.1) is 0 Å². The summed E-state index contributed by atoms with van der Waals surface area (Å²) in [6.07, 6.45) is 41.4. The summed E-state index contributed by atoms with van der Waals surface area (Å²) in [4.78, 5) is 0. The average molecular weight is 991 g/mol. The van der Waals surface area contributed by atoms with Crippen molar-refractivity contribution in [2.75, 3.05) is 67.6 Å². The Morgan fingerprint density at radius 2 is 0.806 bits per heavy atom. The summed E-state index contributed by atoms with van der Waals surface area (Å²) in [6, 6.07) is 13.3. The predicted molar refractivity (Wildman–Crippen MR) is 266 cm³/mol. The van der Waals surface area contributed by atoms with E-state index < -0.39 is 0 Å². The molecule has 0 atom stereocenters. The number of rotatable bonds is 41. The third-order valence-corrected chi connectivity index (χ3v) is 12.7. The molecule has 0 saturated carbocycles. The topological polar surface area (TPSA) is 18.5 Å². The van der Waals surface area contributed by atoms with Crippen LogP contribution in [0.25, 0.3) is 11.1 Å². The van der Waals surface area contributed by atoms with Gasteiger partial charge < -0.3 is 52.4 Å². The lowest BCUT2D eigenvalue weighted by Crippen LogP contribution is -3.00. The van der Waals surface area contributed by atoms with Gasteiger partial charge in [0.15, 0.2) is 0 Å². The molecule has 0 aliphatic rings.